The minimum atomic E-state index is -4.73. The molecule has 1 amide bonds. The first-order valence-electron chi connectivity index (χ1n) is 11.0. The smallest absolute Gasteiger partial charge is 0.406 e. The summed E-state index contributed by atoms with van der Waals surface area (Å²) in [5.74, 6) is -0.885. The fraction of sp³-hybridized carbons (Fsp3) is 0.143. The van der Waals surface area contributed by atoms with Gasteiger partial charge < -0.3 is 10.1 Å². The van der Waals surface area contributed by atoms with Gasteiger partial charge in [-0.15, -0.1) is 13.2 Å². The highest BCUT2D eigenvalue weighted by Crippen LogP contribution is 2.29. The Morgan fingerprint density at radius 3 is 2.11 bits per heavy atom. The number of pyridine rings is 1. The molecule has 1 N–H and O–H groups in total. The third kappa shape index (κ3) is 6.26. The predicted octanol–water partition coefficient (Wildman–Crippen LogP) is 7.36. The van der Waals surface area contributed by atoms with Crippen LogP contribution in [0.15, 0.2) is 91.1 Å². The molecule has 3 aromatic carbocycles. The zero-order valence-electron chi connectivity index (χ0n) is 19.1. The molecule has 4 aromatic rings. The number of hydrogen-bond acceptors (Lipinski definition) is 3. The molecule has 35 heavy (non-hydrogen) atoms. The molecular formula is C28H23F3N2O2. The molecule has 1 aromatic heterocycles. The van der Waals surface area contributed by atoms with Crippen LogP contribution in [-0.2, 0) is 4.79 Å². The summed E-state index contributed by atoms with van der Waals surface area (Å²) in [4.78, 5) is 17.1. The van der Waals surface area contributed by atoms with Crippen LogP contribution in [0.4, 0.5) is 18.9 Å². The number of hydrogen-bond donors (Lipinski definition) is 1. The molecule has 0 radical (unpaired) electrons. The second-order valence-electron chi connectivity index (χ2n) is 8.17. The van der Waals surface area contributed by atoms with E-state index in [-0.39, 0.29) is 11.7 Å². The fourth-order valence-corrected chi connectivity index (χ4v) is 3.71. The van der Waals surface area contributed by atoms with Crippen LogP contribution in [0.1, 0.15) is 24.1 Å². The number of carbonyl (C=O) groups is 1. The Kier molecular flexibility index (Phi) is 6.87. The molecule has 1 atom stereocenters. The van der Waals surface area contributed by atoms with Crippen molar-refractivity contribution in [3.05, 3.63) is 102 Å². The van der Waals surface area contributed by atoms with E-state index in [1.807, 2.05) is 74.5 Å². The van der Waals surface area contributed by atoms with E-state index in [0.717, 1.165) is 33.5 Å². The minimum Gasteiger partial charge on any atom is -0.406 e. The predicted molar refractivity (Wildman–Crippen MR) is 130 cm³/mol. The topological polar surface area (TPSA) is 51.2 Å². The van der Waals surface area contributed by atoms with Crippen molar-refractivity contribution < 1.29 is 22.7 Å². The summed E-state index contributed by atoms with van der Waals surface area (Å²) >= 11 is 0. The van der Waals surface area contributed by atoms with Crippen molar-refractivity contribution in [1.82, 2.24) is 4.98 Å². The quantitative estimate of drug-likeness (QED) is 0.316. The van der Waals surface area contributed by atoms with Crippen LogP contribution in [0, 0.1) is 6.92 Å². The molecule has 0 saturated heterocycles. The molecule has 0 aliphatic carbocycles. The van der Waals surface area contributed by atoms with Gasteiger partial charge in [0.05, 0.1) is 5.92 Å². The van der Waals surface area contributed by atoms with Crippen LogP contribution >= 0.6 is 0 Å². The van der Waals surface area contributed by atoms with Gasteiger partial charge in [0.25, 0.3) is 0 Å². The molecular weight excluding hydrogens is 453 g/mol. The number of amides is 1. The zero-order valence-corrected chi connectivity index (χ0v) is 19.1. The summed E-state index contributed by atoms with van der Waals surface area (Å²) in [7, 11) is 0. The standard InChI is InChI=1S/C28H23F3N2O2/c1-18-16-24(14-15-32-18)20-6-10-25(11-7-20)33-27(34)19(2)22-4-3-5-23(17-22)21-8-12-26(13-9-21)35-28(29,30)31/h3-17,19H,1-2H3,(H,33,34). The molecule has 0 spiro atoms. The first kappa shape index (κ1) is 24.0. The number of nitrogens with one attached hydrogen (secondary N) is 1. The Labute approximate surface area is 201 Å². The first-order valence-corrected chi connectivity index (χ1v) is 11.0. The third-order valence-corrected chi connectivity index (χ3v) is 5.58. The van der Waals surface area contributed by atoms with Gasteiger partial charge in [-0.1, -0.05) is 48.5 Å². The maximum Gasteiger partial charge on any atom is 0.573 e. The van der Waals surface area contributed by atoms with E-state index in [1.165, 1.54) is 12.1 Å². The molecule has 1 heterocycles. The Bertz CT molecular complexity index is 1320. The molecule has 0 saturated carbocycles. The second-order valence-corrected chi connectivity index (χ2v) is 8.17. The number of halogens is 3. The SMILES string of the molecule is Cc1cc(-c2ccc(NC(=O)C(C)c3cccc(-c4ccc(OC(F)(F)F)cc4)c3)cc2)ccn1. The van der Waals surface area contributed by atoms with E-state index >= 15 is 0 Å². The zero-order chi connectivity index (χ0) is 25.0. The van der Waals surface area contributed by atoms with E-state index in [2.05, 4.69) is 15.0 Å². The van der Waals surface area contributed by atoms with E-state index in [1.54, 1.807) is 18.3 Å². The molecule has 0 bridgehead atoms. The van der Waals surface area contributed by atoms with Gasteiger partial charge in [0.1, 0.15) is 5.75 Å². The highest BCUT2D eigenvalue weighted by atomic mass is 19.4. The van der Waals surface area contributed by atoms with Gasteiger partial charge in [-0.2, -0.15) is 0 Å². The maximum absolute atomic E-state index is 12.9. The summed E-state index contributed by atoms with van der Waals surface area (Å²) < 4.78 is 41.1. The van der Waals surface area contributed by atoms with Crippen molar-refractivity contribution in [2.24, 2.45) is 0 Å². The summed E-state index contributed by atoms with van der Waals surface area (Å²) in [6.07, 6.45) is -2.97. The first-order chi connectivity index (χ1) is 16.7. The van der Waals surface area contributed by atoms with Crippen LogP contribution in [0.25, 0.3) is 22.3 Å². The van der Waals surface area contributed by atoms with Gasteiger partial charge in [-0.25, -0.2) is 0 Å². The van der Waals surface area contributed by atoms with Crippen molar-refractivity contribution in [2.45, 2.75) is 26.1 Å². The molecule has 0 aliphatic rings. The van der Waals surface area contributed by atoms with Crippen molar-refractivity contribution in [3.8, 4) is 28.0 Å². The number of nitrogens with zero attached hydrogens (tertiary/aromatic N) is 1. The average molecular weight is 476 g/mol. The van der Waals surface area contributed by atoms with Crippen LogP contribution in [-0.4, -0.2) is 17.3 Å². The number of aryl methyl sites for hydroxylation is 1. The third-order valence-electron chi connectivity index (χ3n) is 5.58. The van der Waals surface area contributed by atoms with Gasteiger partial charge in [0.2, 0.25) is 5.91 Å². The normalized spacial score (nSPS) is 12.1. The summed E-state index contributed by atoms with van der Waals surface area (Å²) in [6.45, 7) is 3.74. The second kappa shape index (κ2) is 10.0. The summed E-state index contributed by atoms with van der Waals surface area (Å²) in [5, 5.41) is 2.94. The molecule has 178 valence electrons. The molecule has 4 nitrogen and oxygen atoms in total. The number of aromatic nitrogens is 1. The number of anilines is 1. The minimum absolute atomic E-state index is 0.163. The molecule has 1 unspecified atom stereocenters. The molecule has 4 rings (SSSR count). The maximum atomic E-state index is 12.9. The van der Waals surface area contributed by atoms with Crippen LogP contribution in [0.5, 0.6) is 5.75 Å². The van der Waals surface area contributed by atoms with E-state index in [0.29, 0.717) is 5.69 Å². The molecule has 7 heteroatoms. The van der Waals surface area contributed by atoms with Crippen LogP contribution in [0.3, 0.4) is 0 Å². The van der Waals surface area contributed by atoms with Gasteiger partial charge in [0.15, 0.2) is 0 Å². The number of ether oxygens (including phenoxy) is 1. The number of alkyl halides is 3. The Hall–Kier alpha value is -4.13. The number of rotatable bonds is 6. The molecule has 0 aliphatic heterocycles. The van der Waals surface area contributed by atoms with E-state index < -0.39 is 12.3 Å². The Morgan fingerprint density at radius 1 is 0.857 bits per heavy atom. The monoisotopic (exact) mass is 476 g/mol. The summed E-state index contributed by atoms with van der Waals surface area (Å²) in [6, 6.07) is 24.6. The lowest BCUT2D eigenvalue weighted by Gasteiger charge is -2.15. The van der Waals surface area contributed by atoms with Gasteiger partial charge >= 0.3 is 6.36 Å². The van der Waals surface area contributed by atoms with Crippen molar-refractivity contribution >= 4 is 11.6 Å². The highest BCUT2D eigenvalue weighted by molar-refractivity contribution is 5.96. The lowest BCUT2D eigenvalue weighted by molar-refractivity contribution is -0.274. The molecule has 0 fully saturated rings. The average Bonchev–Trinajstić information content (AvgIpc) is 2.83. The lowest BCUT2D eigenvalue weighted by Crippen LogP contribution is -2.18. The lowest BCUT2D eigenvalue weighted by atomic mass is 9.95. The van der Waals surface area contributed by atoms with Gasteiger partial charge in [-0.05, 0) is 78.1 Å². The van der Waals surface area contributed by atoms with Crippen LogP contribution < -0.4 is 10.1 Å². The summed E-state index contributed by atoms with van der Waals surface area (Å²) in [5.41, 5.74) is 6.00. The van der Waals surface area contributed by atoms with E-state index in [9.17, 15) is 18.0 Å². The van der Waals surface area contributed by atoms with E-state index in [4.69, 9.17) is 0 Å². The Morgan fingerprint density at radius 2 is 1.49 bits per heavy atom. The Balaban J connectivity index is 1.44. The van der Waals surface area contributed by atoms with Crippen molar-refractivity contribution in [2.75, 3.05) is 5.32 Å². The van der Waals surface area contributed by atoms with Gasteiger partial charge in [-0.3, -0.25) is 9.78 Å². The largest absolute Gasteiger partial charge is 0.573 e. The van der Waals surface area contributed by atoms with Crippen LogP contribution in [0.2, 0.25) is 0 Å². The number of benzene rings is 3. The van der Waals surface area contributed by atoms with Crippen molar-refractivity contribution in [1.29, 1.82) is 0 Å². The highest BCUT2D eigenvalue weighted by Gasteiger charge is 2.31. The van der Waals surface area contributed by atoms with Crippen molar-refractivity contribution in [3.63, 3.8) is 0 Å². The van der Waals surface area contributed by atoms with Gasteiger partial charge in [0, 0.05) is 17.6 Å². The number of carbonyl (C=O) groups excluding carboxylic acids is 1. The fourth-order valence-electron chi connectivity index (χ4n) is 3.71.